The van der Waals surface area contributed by atoms with Crippen LogP contribution in [0, 0.1) is 11.2 Å². The van der Waals surface area contributed by atoms with Gasteiger partial charge in [0.25, 0.3) is 5.91 Å². The lowest BCUT2D eigenvalue weighted by atomic mass is 9.78. The van der Waals surface area contributed by atoms with Gasteiger partial charge in [0.05, 0.1) is 11.8 Å². The van der Waals surface area contributed by atoms with Gasteiger partial charge in [0.15, 0.2) is 11.6 Å². The molecule has 0 aliphatic carbocycles. The van der Waals surface area contributed by atoms with E-state index in [9.17, 15) is 14.0 Å². The number of rotatable bonds is 9. The Bertz CT molecular complexity index is 1010. The number of carbonyl (C=O) groups excluding carboxylic acids is 2. The standard InChI is InChI=1S/C23H30FN5O4/c1-5-23(13-32-22(25)31)11-28(12-23)20-19(10-26-14-27-20)33-18-8-7-16(24)9-17(18)21(30)29(6-2)15(3)4/h7-10,14-15H,5-6,11-13H2,1-4H3,(H2,25,31). The monoisotopic (exact) mass is 459 g/mol. The van der Waals surface area contributed by atoms with Crippen LogP contribution in [0.25, 0.3) is 0 Å². The van der Waals surface area contributed by atoms with E-state index in [1.807, 2.05) is 32.6 Å². The Hall–Kier alpha value is -3.43. The van der Waals surface area contributed by atoms with Crippen LogP contribution in [-0.2, 0) is 4.74 Å². The van der Waals surface area contributed by atoms with Crippen molar-refractivity contribution in [2.45, 2.75) is 40.2 Å². The van der Waals surface area contributed by atoms with Crippen LogP contribution < -0.4 is 15.4 Å². The van der Waals surface area contributed by atoms with E-state index >= 15 is 0 Å². The largest absolute Gasteiger partial charge is 0.451 e. The molecule has 2 N–H and O–H groups in total. The van der Waals surface area contributed by atoms with Gasteiger partial charge in [-0.15, -0.1) is 0 Å². The Morgan fingerprint density at radius 3 is 2.61 bits per heavy atom. The first-order valence-electron chi connectivity index (χ1n) is 10.9. The second-order valence-corrected chi connectivity index (χ2v) is 8.46. The van der Waals surface area contributed by atoms with Gasteiger partial charge in [0, 0.05) is 31.1 Å². The zero-order valence-electron chi connectivity index (χ0n) is 19.4. The molecule has 3 rings (SSSR count). The highest BCUT2D eigenvalue weighted by Gasteiger charge is 2.44. The van der Waals surface area contributed by atoms with Crippen molar-refractivity contribution in [2.24, 2.45) is 11.1 Å². The average molecular weight is 460 g/mol. The molecule has 0 radical (unpaired) electrons. The van der Waals surface area contributed by atoms with E-state index in [1.165, 1.54) is 30.7 Å². The molecule has 1 aliphatic rings. The molecular formula is C23H30FN5O4. The van der Waals surface area contributed by atoms with Gasteiger partial charge in [-0.3, -0.25) is 4.79 Å². The zero-order chi connectivity index (χ0) is 24.2. The first-order chi connectivity index (χ1) is 15.7. The Kier molecular flexibility index (Phi) is 7.35. The molecule has 2 heterocycles. The third-order valence-electron chi connectivity index (χ3n) is 5.90. The molecule has 0 atom stereocenters. The number of anilines is 1. The van der Waals surface area contributed by atoms with Crippen molar-refractivity contribution in [3.05, 3.63) is 42.1 Å². The van der Waals surface area contributed by atoms with Crippen molar-refractivity contribution in [1.29, 1.82) is 0 Å². The number of hydrogen-bond donors (Lipinski definition) is 1. The van der Waals surface area contributed by atoms with E-state index in [2.05, 4.69) is 9.97 Å². The number of carbonyl (C=O) groups is 2. The minimum atomic E-state index is -0.802. The Morgan fingerprint density at radius 2 is 2.00 bits per heavy atom. The molecular weight excluding hydrogens is 429 g/mol. The summed E-state index contributed by atoms with van der Waals surface area (Å²) < 4.78 is 25.1. The molecule has 1 aromatic heterocycles. The van der Waals surface area contributed by atoms with Crippen LogP contribution in [0.1, 0.15) is 44.5 Å². The summed E-state index contributed by atoms with van der Waals surface area (Å²) in [6.45, 7) is 9.54. The summed E-state index contributed by atoms with van der Waals surface area (Å²) >= 11 is 0. The lowest BCUT2D eigenvalue weighted by Crippen LogP contribution is -2.59. The lowest BCUT2D eigenvalue weighted by Gasteiger charge is -2.50. The van der Waals surface area contributed by atoms with Gasteiger partial charge in [-0.1, -0.05) is 6.92 Å². The molecule has 9 nitrogen and oxygen atoms in total. The number of benzene rings is 1. The van der Waals surface area contributed by atoms with E-state index in [0.29, 0.717) is 31.2 Å². The fourth-order valence-electron chi connectivity index (χ4n) is 3.95. The SMILES string of the molecule is CCN(C(=O)c1cc(F)ccc1Oc1cncnc1N1CC(CC)(COC(N)=O)C1)C(C)C. The smallest absolute Gasteiger partial charge is 0.404 e. The molecule has 0 unspecified atom stereocenters. The maximum Gasteiger partial charge on any atom is 0.404 e. The summed E-state index contributed by atoms with van der Waals surface area (Å²) in [4.78, 5) is 36.1. The van der Waals surface area contributed by atoms with Gasteiger partial charge in [0.1, 0.15) is 24.5 Å². The predicted molar refractivity (Wildman–Crippen MR) is 121 cm³/mol. The van der Waals surface area contributed by atoms with Crippen molar-refractivity contribution in [3.8, 4) is 11.5 Å². The van der Waals surface area contributed by atoms with Crippen LogP contribution in [0.2, 0.25) is 0 Å². The number of nitrogens with zero attached hydrogens (tertiary/aromatic N) is 4. The van der Waals surface area contributed by atoms with E-state index in [0.717, 1.165) is 6.42 Å². The normalized spacial score (nSPS) is 14.5. The minimum Gasteiger partial charge on any atom is -0.451 e. The van der Waals surface area contributed by atoms with Crippen molar-refractivity contribution in [1.82, 2.24) is 14.9 Å². The van der Waals surface area contributed by atoms with Gasteiger partial charge in [-0.05, 0) is 45.4 Å². The molecule has 0 bridgehead atoms. The molecule has 1 fully saturated rings. The Morgan fingerprint density at radius 1 is 1.27 bits per heavy atom. The maximum absolute atomic E-state index is 14.0. The summed E-state index contributed by atoms with van der Waals surface area (Å²) in [6.07, 6.45) is 2.90. The first kappa shape index (κ1) is 24.2. The third kappa shape index (κ3) is 5.32. The molecule has 1 aromatic carbocycles. The highest BCUT2D eigenvalue weighted by molar-refractivity contribution is 5.97. The summed E-state index contributed by atoms with van der Waals surface area (Å²) in [5, 5.41) is 0. The molecule has 0 spiro atoms. The number of halogens is 1. The number of amides is 2. The highest BCUT2D eigenvalue weighted by Crippen LogP contribution is 2.41. The van der Waals surface area contributed by atoms with Crippen LogP contribution in [0.3, 0.4) is 0 Å². The van der Waals surface area contributed by atoms with Gasteiger partial charge < -0.3 is 25.0 Å². The van der Waals surface area contributed by atoms with Crippen LogP contribution in [-0.4, -0.2) is 59.2 Å². The third-order valence-corrected chi connectivity index (χ3v) is 5.90. The van der Waals surface area contributed by atoms with Crippen molar-refractivity contribution < 1.29 is 23.5 Å². The first-order valence-corrected chi connectivity index (χ1v) is 10.9. The maximum atomic E-state index is 14.0. The number of aromatic nitrogens is 2. The predicted octanol–water partition coefficient (Wildman–Crippen LogP) is 3.59. The van der Waals surface area contributed by atoms with Crippen molar-refractivity contribution in [2.75, 3.05) is 31.1 Å². The van der Waals surface area contributed by atoms with Crippen molar-refractivity contribution in [3.63, 3.8) is 0 Å². The molecule has 2 amide bonds. The van der Waals surface area contributed by atoms with Gasteiger partial charge in [-0.25, -0.2) is 19.2 Å². The van der Waals surface area contributed by atoms with Gasteiger partial charge >= 0.3 is 6.09 Å². The summed E-state index contributed by atoms with van der Waals surface area (Å²) in [6, 6.07) is 3.80. The zero-order valence-corrected chi connectivity index (χ0v) is 19.4. The fourth-order valence-corrected chi connectivity index (χ4v) is 3.95. The molecule has 33 heavy (non-hydrogen) atoms. The van der Waals surface area contributed by atoms with Crippen LogP contribution >= 0.6 is 0 Å². The van der Waals surface area contributed by atoms with E-state index < -0.39 is 11.9 Å². The Labute approximate surface area is 192 Å². The molecule has 2 aromatic rings. The summed E-state index contributed by atoms with van der Waals surface area (Å²) in [7, 11) is 0. The lowest BCUT2D eigenvalue weighted by molar-refractivity contribution is 0.0634. The topological polar surface area (TPSA) is 111 Å². The highest BCUT2D eigenvalue weighted by atomic mass is 19.1. The van der Waals surface area contributed by atoms with Crippen LogP contribution in [0.15, 0.2) is 30.7 Å². The Balaban J connectivity index is 1.85. The van der Waals surface area contributed by atoms with Gasteiger partial charge in [-0.2, -0.15) is 0 Å². The molecule has 10 heteroatoms. The molecule has 178 valence electrons. The van der Waals surface area contributed by atoms with E-state index in [4.69, 9.17) is 15.2 Å². The number of ether oxygens (including phenoxy) is 2. The fraction of sp³-hybridized carbons (Fsp3) is 0.478. The summed E-state index contributed by atoms with van der Waals surface area (Å²) in [5.74, 6) is 0.243. The second kappa shape index (κ2) is 10.0. The minimum absolute atomic E-state index is 0.0555. The average Bonchev–Trinajstić information content (AvgIpc) is 2.75. The van der Waals surface area contributed by atoms with Crippen molar-refractivity contribution >= 4 is 17.8 Å². The second-order valence-electron chi connectivity index (χ2n) is 8.46. The van der Waals surface area contributed by atoms with Gasteiger partial charge in [0.2, 0.25) is 0 Å². The molecule has 1 saturated heterocycles. The number of hydrogen-bond acceptors (Lipinski definition) is 7. The number of nitrogens with two attached hydrogens (primary N) is 1. The van der Waals surface area contributed by atoms with E-state index in [-0.39, 0.29) is 35.3 Å². The molecule has 0 saturated carbocycles. The quantitative estimate of drug-likeness (QED) is 0.610. The van der Waals surface area contributed by atoms with Crippen LogP contribution in [0.5, 0.6) is 11.5 Å². The van der Waals surface area contributed by atoms with E-state index in [1.54, 1.807) is 4.90 Å². The van der Waals surface area contributed by atoms with Crippen LogP contribution in [0.4, 0.5) is 15.0 Å². The molecule has 1 aliphatic heterocycles. The summed E-state index contributed by atoms with van der Waals surface area (Å²) in [5.41, 5.74) is 5.01. The number of primary amides is 1.